The van der Waals surface area contributed by atoms with E-state index in [-0.39, 0.29) is 12.1 Å². The molecule has 1 N–H and O–H groups in total. The number of carbonyl (C=O) groups is 2. The molecule has 0 aliphatic rings. The first-order valence-electron chi connectivity index (χ1n) is 21.0. The van der Waals surface area contributed by atoms with Crippen molar-refractivity contribution >= 4 is 11.9 Å². The number of carbonyl (C=O) groups excluding carboxylic acids is 1. The van der Waals surface area contributed by atoms with Crippen LogP contribution >= 0.6 is 0 Å². The Morgan fingerprint density at radius 1 is 0.479 bits per heavy atom. The molecule has 0 bridgehead atoms. The maximum Gasteiger partial charge on any atom is 0.306 e. The fourth-order valence-electron chi connectivity index (χ4n) is 6.32. The molecule has 0 aromatic rings. The topological polar surface area (TPSA) is 63.6 Å². The summed E-state index contributed by atoms with van der Waals surface area (Å²) < 4.78 is 6.04. The molecule has 1 unspecified atom stereocenters. The number of hydrogen-bond acceptors (Lipinski definition) is 3. The average molecular weight is 673 g/mol. The molecular formula is C44H80O4. The van der Waals surface area contributed by atoms with Crippen molar-refractivity contribution in [3.63, 3.8) is 0 Å². The molecule has 0 fully saturated rings. The molecular weight excluding hydrogens is 592 g/mol. The SMILES string of the molecule is CC/C=C\C/C=C\C/C=C\CCCCCCCCCCCC(=O)OC(CCCCCCCCC)CCCCCCCCCCCC(=O)O. The summed E-state index contributed by atoms with van der Waals surface area (Å²) in [6, 6.07) is 0. The van der Waals surface area contributed by atoms with Gasteiger partial charge in [-0.1, -0.05) is 179 Å². The molecule has 0 aliphatic carbocycles. The van der Waals surface area contributed by atoms with Crippen LogP contribution in [0.5, 0.6) is 0 Å². The Morgan fingerprint density at radius 3 is 1.35 bits per heavy atom. The minimum Gasteiger partial charge on any atom is -0.481 e. The van der Waals surface area contributed by atoms with Crippen molar-refractivity contribution in [1.29, 1.82) is 0 Å². The van der Waals surface area contributed by atoms with Gasteiger partial charge in [-0.05, 0) is 70.6 Å². The average Bonchev–Trinajstić information content (AvgIpc) is 3.07. The zero-order valence-corrected chi connectivity index (χ0v) is 32.0. The highest BCUT2D eigenvalue weighted by molar-refractivity contribution is 5.69. The molecule has 48 heavy (non-hydrogen) atoms. The standard InChI is InChI=1S/C44H80O4/c1-3-5-7-9-11-12-13-14-15-16-17-18-19-20-21-25-29-33-37-41-44(47)48-42(38-34-30-26-10-8-6-4-2)39-35-31-27-23-22-24-28-32-36-40-43(45)46/h5,7,11-12,14-15,42H,3-4,6,8-10,13,16-41H2,1-2H3,(H,45,46)/b7-5-,12-11-,15-14-. The number of carboxylic acids is 1. The third kappa shape index (κ3) is 38.6. The summed E-state index contributed by atoms with van der Waals surface area (Å²) in [7, 11) is 0. The molecule has 0 aromatic heterocycles. The van der Waals surface area contributed by atoms with E-state index in [1.165, 1.54) is 128 Å². The van der Waals surface area contributed by atoms with E-state index in [0.717, 1.165) is 70.6 Å². The number of esters is 1. The molecule has 0 saturated heterocycles. The van der Waals surface area contributed by atoms with E-state index in [4.69, 9.17) is 9.84 Å². The molecule has 1 atom stereocenters. The van der Waals surface area contributed by atoms with Crippen LogP contribution in [-0.2, 0) is 14.3 Å². The lowest BCUT2D eigenvalue weighted by molar-refractivity contribution is -0.150. The number of aliphatic carboxylic acids is 1. The lowest BCUT2D eigenvalue weighted by atomic mass is 10.0. The molecule has 0 heterocycles. The Kier molecular flexibility index (Phi) is 38.1. The van der Waals surface area contributed by atoms with E-state index in [1.54, 1.807) is 0 Å². The van der Waals surface area contributed by atoms with Crippen molar-refractivity contribution in [1.82, 2.24) is 0 Å². The van der Waals surface area contributed by atoms with E-state index in [9.17, 15) is 9.59 Å². The summed E-state index contributed by atoms with van der Waals surface area (Å²) in [5.41, 5.74) is 0. The van der Waals surface area contributed by atoms with Gasteiger partial charge in [0.1, 0.15) is 6.10 Å². The largest absolute Gasteiger partial charge is 0.481 e. The number of unbranched alkanes of at least 4 members (excludes halogenated alkanes) is 23. The predicted molar refractivity (Wildman–Crippen MR) is 209 cm³/mol. The highest BCUT2D eigenvalue weighted by Gasteiger charge is 2.14. The smallest absolute Gasteiger partial charge is 0.306 e. The molecule has 4 heteroatoms. The van der Waals surface area contributed by atoms with Crippen LogP contribution in [0, 0.1) is 0 Å². The number of ether oxygens (including phenoxy) is 1. The summed E-state index contributed by atoms with van der Waals surface area (Å²) in [6.45, 7) is 4.44. The zero-order chi connectivity index (χ0) is 35.0. The zero-order valence-electron chi connectivity index (χ0n) is 32.0. The monoisotopic (exact) mass is 673 g/mol. The second kappa shape index (κ2) is 39.6. The summed E-state index contributed by atoms with van der Waals surface area (Å²) >= 11 is 0. The van der Waals surface area contributed by atoms with E-state index in [2.05, 4.69) is 50.3 Å². The third-order valence-electron chi connectivity index (χ3n) is 9.38. The molecule has 0 rings (SSSR count). The van der Waals surface area contributed by atoms with Crippen molar-refractivity contribution in [3.05, 3.63) is 36.5 Å². The maximum absolute atomic E-state index is 12.7. The van der Waals surface area contributed by atoms with Crippen LogP contribution in [0.2, 0.25) is 0 Å². The summed E-state index contributed by atoms with van der Waals surface area (Å²) in [5.74, 6) is -0.650. The van der Waals surface area contributed by atoms with Gasteiger partial charge in [-0.25, -0.2) is 0 Å². The van der Waals surface area contributed by atoms with Crippen LogP contribution in [0.3, 0.4) is 0 Å². The molecule has 4 nitrogen and oxygen atoms in total. The first kappa shape index (κ1) is 46.2. The number of hydrogen-bond donors (Lipinski definition) is 1. The quantitative estimate of drug-likeness (QED) is 0.0403. The molecule has 0 saturated carbocycles. The molecule has 0 aromatic carbocycles. The minimum atomic E-state index is -0.678. The molecule has 0 amide bonds. The fourth-order valence-corrected chi connectivity index (χ4v) is 6.32. The van der Waals surface area contributed by atoms with Crippen LogP contribution < -0.4 is 0 Å². The summed E-state index contributed by atoms with van der Waals surface area (Å²) in [4.78, 5) is 23.3. The molecule has 0 radical (unpaired) electrons. The van der Waals surface area contributed by atoms with Crippen molar-refractivity contribution in [3.8, 4) is 0 Å². The highest BCUT2D eigenvalue weighted by Crippen LogP contribution is 2.19. The fraction of sp³-hybridized carbons (Fsp3) is 0.818. The van der Waals surface area contributed by atoms with Crippen LogP contribution in [0.25, 0.3) is 0 Å². The molecule has 280 valence electrons. The van der Waals surface area contributed by atoms with Gasteiger partial charge in [0.25, 0.3) is 0 Å². The van der Waals surface area contributed by atoms with Gasteiger partial charge in [0.2, 0.25) is 0 Å². The second-order valence-electron chi connectivity index (χ2n) is 14.2. The van der Waals surface area contributed by atoms with Crippen LogP contribution in [-0.4, -0.2) is 23.1 Å². The molecule has 0 spiro atoms. The van der Waals surface area contributed by atoms with E-state index < -0.39 is 5.97 Å². The predicted octanol–water partition coefficient (Wildman–Crippen LogP) is 14.6. The van der Waals surface area contributed by atoms with E-state index in [1.807, 2.05) is 0 Å². The van der Waals surface area contributed by atoms with Crippen LogP contribution in [0.4, 0.5) is 0 Å². The lowest BCUT2D eigenvalue weighted by Crippen LogP contribution is -2.18. The number of carboxylic acid groups (broad SMARTS) is 1. The number of rotatable bonds is 38. The first-order valence-corrected chi connectivity index (χ1v) is 21.0. The van der Waals surface area contributed by atoms with Gasteiger partial charge < -0.3 is 9.84 Å². The minimum absolute atomic E-state index is 0.0278. The first-order chi connectivity index (χ1) is 23.6. The summed E-state index contributed by atoms with van der Waals surface area (Å²) in [5, 5.41) is 8.73. The Morgan fingerprint density at radius 2 is 0.875 bits per heavy atom. The number of allylic oxidation sites excluding steroid dienone is 6. The Balaban J connectivity index is 3.93. The lowest BCUT2D eigenvalue weighted by Gasteiger charge is -2.18. The van der Waals surface area contributed by atoms with Gasteiger partial charge in [-0.3, -0.25) is 9.59 Å². The van der Waals surface area contributed by atoms with Crippen LogP contribution in [0.15, 0.2) is 36.5 Å². The normalized spacial score (nSPS) is 12.5. The van der Waals surface area contributed by atoms with Crippen molar-refractivity contribution in [2.24, 2.45) is 0 Å². The third-order valence-corrected chi connectivity index (χ3v) is 9.38. The van der Waals surface area contributed by atoms with Crippen LogP contribution in [0.1, 0.15) is 226 Å². The second-order valence-corrected chi connectivity index (χ2v) is 14.2. The highest BCUT2D eigenvalue weighted by atomic mass is 16.5. The van der Waals surface area contributed by atoms with Gasteiger partial charge in [-0.2, -0.15) is 0 Å². The van der Waals surface area contributed by atoms with Crippen molar-refractivity contribution < 1.29 is 19.4 Å². The van der Waals surface area contributed by atoms with E-state index in [0.29, 0.717) is 12.8 Å². The van der Waals surface area contributed by atoms with Gasteiger partial charge in [0.15, 0.2) is 0 Å². The Hall–Kier alpha value is -1.84. The summed E-state index contributed by atoms with van der Waals surface area (Å²) in [6.07, 6.45) is 51.8. The van der Waals surface area contributed by atoms with Gasteiger partial charge in [0, 0.05) is 12.8 Å². The van der Waals surface area contributed by atoms with Gasteiger partial charge in [-0.15, -0.1) is 0 Å². The van der Waals surface area contributed by atoms with Crippen molar-refractivity contribution in [2.75, 3.05) is 0 Å². The Bertz CT molecular complexity index is 768. The molecule has 0 aliphatic heterocycles. The van der Waals surface area contributed by atoms with E-state index >= 15 is 0 Å². The van der Waals surface area contributed by atoms with Gasteiger partial charge in [0.05, 0.1) is 0 Å². The van der Waals surface area contributed by atoms with Gasteiger partial charge >= 0.3 is 11.9 Å². The maximum atomic E-state index is 12.7. The van der Waals surface area contributed by atoms with Crippen molar-refractivity contribution in [2.45, 2.75) is 232 Å². The Labute approximate surface area is 299 Å².